The van der Waals surface area contributed by atoms with Crippen molar-refractivity contribution in [3.8, 4) is 0 Å². The van der Waals surface area contributed by atoms with Crippen molar-refractivity contribution in [3.63, 3.8) is 0 Å². The first-order valence-corrected chi connectivity index (χ1v) is 5.67. The van der Waals surface area contributed by atoms with Crippen LogP contribution in [0.2, 0.25) is 0 Å². The molecule has 1 aromatic carbocycles. The third-order valence-electron chi connectivity index (χ3n) is 2.98. The third kappa shape index (κ3) is 1.61. The largest absolute Gasteiger partial charge is 0.289 e. The zero-order valence-corrected chi connectivity index (χ0v) is 9.58. The van der Waals surface area contributed by atoms with Crippen molar-refractivity contribution in [1.29, 1.82) is 0 Å². The number of nitrogens with zero attached hydrogens (tertiary/aromatic N) is 1. The minimum absolute atomic E-state index is 0.101. The number of benzene rings is 1. The first-order valence-electron chi connectivity index (χ1n) is 5.67. The summed E-state index contributed by atoms with van der Waals surface area (Å²) in [5.41, 5.74) is 2.59. The molecule has 0 bridgehead atoms. The van der Waals surface area contributed by atoms with Crippen LogP contribution >= 0.6 is 0 Å². The molecule has 3 nitrogen and oxygen atoms in total. The molecule has 0 saturated heterocycles. The van der Waals surface area contributed by atoms with E-state index in [1.54, 1.807) is 24.3 Å². The Morgan fingerprint density at radius 1 is 0.944 bits per heavy atom. The monoisotopic (exact) mass is 237 g/mol. The van der Waals surface area contributed by atoms with Crippen molar-refractivity contribution in [3.05, 3.63) is 71.5 Å². The highest BCUT2D eigenvalue weighted by Gasteiger charge is 2.20. The summed E-state index contributed by atoms with van der Waals surface area (Å²) in [6.07, 6.45) is 10.3. The van der Waals surface area contributed by atoms with E-state index < -0.39 is 0 Å². The molecule has 1 aliphatic carbocycles. The van der Waals surface area contributed by atoms with Crippen LogP contribution in [0.15, 0.2) is 65.9 Å². The number of hydrogen-bond donors (Lipinski definition) is 1. The van der Waals surface area contributed by atoms with Crippen molar-refractivity contribution >= 4 is 17.5 Å². The summed E-state index contributed by atoms with van der Waals surface area (Å²) in [5, 5.41) is 11.3. The molecule has 0 unspecified atom stereocenters. The van der Waals surface area contributed by atoms with Crippen LogP contribution in [0.5, 0.6) is 0 Å². The van der Waals surface area contributed by atoms with Gasteiger partial charge in [0.05, 0.1) is 11.4 Å². The molecule has 0 atom stereocenters. The molecule has 0 fully saturated rings. The molecule has 3 rings (SSSR count). The lowest BCUT2D eigenvalue weighted by Gasteiger charge is -2.25. The second kappa shape index (κ2) is 4.13. The SMILES string of the molecule is O=C1C=CC=CC1=C1C=Cc2ccccc2N1O. The van der Waals surface area contributed by atoms with Crippen LogP contribution in [0.3, 0.4) is 0 Å². The van der Waals surface area contributed by atoms with Crippen LogP contribution in [-0.2, 0) is 4.79 Å². The van der Waals surface area contributed by atoms with Gasteiger partial charge in [-0.25, -0.2) is 5.06 Å². The van der Waals surface area contributed by atoms with Crippen molar-refractivity contribution in [2.45, 2.75) is 0 Å². The lowest BCUT2D eigenvalue weighted by atomic mass is 10.00. The lowest BCUT2D eigenvalue weighted by molar-refractivity contribution is -0.111. The molecule has 0 spiro atoms. The quantitative estimate of drug-likeness (QED) is 0.705. The number of ketones is 1. The van der Waals surface area contributed by atoms with E-state index in [4.69, 9.17) is 0 Å². The van der Waals surface area contributed by atoms with Crippen LogP contribution in [0, 0.1) is 0 Å². The molecule has 0 aromatic heterocycles. The lowest BCUT2D eigenvalue weighted by Crippen LogP contribution is -2.22. The number of hydrogen-bond acceptors (Lipinski definition) is 3. The van der Waals surface area contributed by atoms with Crippen LogP contribution in [-0.4, -0.2) is 11.0 Å². The van der Waals surface area contributed by atoms with Gasteiger partial charge >= 0.3 is 0 Å². The number of allylic oxidation sites excluding steroid dienone is 6. The maximum atomic E-state index is 11.8. The van der Waals surface area contributed by atoms with E-state index in [-0.39, 0.29) is 5.78 Å². The fourth-order valence-corrected chi connectivity index (χ4v) is 2.07. The maximum absolute atomic E-state index is 11.8. The number of para-hydroxylation sites is 1. The fraction of sp³-hybridized carbons (Fsp3) is 0. The van der Waals surface area contributed by atoms with Crippen LogP contribution in [0.1, 0.15) is 5.56 Å². The molecule has 88 valence electrons. The molecule has 0 radical (unpaired) electrons. The molecule has 18 heavy (non-hydrogen) atoms. The van der Waals surface area contributed by atoms with E-state index in [0.717, 1.165) is 10.6 Å². The average molecular weight is 237 g/mol. The van der Waals surface area contributed by atoms with E-state index in [1.807, 2.05) is 30.3 Å². The molecule has 1 N–H and O–H groups in total. The Hall–Kier alpha value is -2.39. The number of hydroxylamine groups is 1. The Bertz CT molecular complexity index is 636. The first kappa shape index (κ1) is 10.7. The molecule has 2 aliphatic rings. The average Bonchev–Trinajstić information content (AvgIpc) is 2.41. The van der Waals surface area contributed by atoms with Crippen molar-refractivity contribution in [2.75, 3.05) is 5.06 Å². The fourth-order valence-electron chi connectivity index (χ4n) is 2.07. The van der Waals surface area contributed by atoms with Gasteiger partial charge in [-0.3, -0.25) is 10.0 Å². The standard InChI is InChI=1S/C15H11NO2/c17-15-8-4-2-6-12(15)14-10-9-11-5-1-3-7-13(11)16(14)18/h1-10,18H. The van der Waals surface area contributed by atoms with E-state index in [9.17, 15) is 10.0 Å². The van der Waals surface area contributed by atoms with E-state index in [1.165, 1.54) is 6.08 Å². The third-order valence-corrected chi connectivity index (χ3v) is 2.98. The zero-order valence-electron chi connectivity index (χ0n) is 9.58. The van der Waals surface area contributed by atoms with Gasteiger partial charge in [0.15, 0.2) is 5.78 Å². The van der Waals surface area contributed by atoms with Gasteiger partial charge in [0.2, 0.25) is 0 Å². The summed E-state index contributed by atoms with van der Waals surface area (Å²) >= 11 is 0. The second-order valence-corrected chi connectivity index (χ2v) is 4.09. The van der Waals surface area contributed by atoms with E-state index in [0.29, 0.717) is 17.0 Å². The topological polar surface area (TPSA) is 40.5 Å². The van der Waals surface area contributed by atoms with Gasteiger partial charge < -0.3 is 0 Å². The molecule has 1 aliphatic heterocycles. The normalized spacial score (nSPS) is 21.4. The number of fused-ring (bicyclic) bond motifs is 1. The highest BCUT2D eigenvalue weighted by atomic mass is 16.5. The van der Waals surface area contributed by atoms with E-state index >= 15 is 0 Å². The van der Waals surface area contributed by atoms with Gasteiger partial charge in [-0.1, -0.05) is 36.4 Å². The van der Waals surface area contributed by atoms with Gasteiger partial charge in [0.1, 0.15) is 0 Å². The summed E-state index contributed by atoms with van der Waals surface area (Å²) in [4.78, 5) is 11.8. The van der Waals surface area contributed by atoms with Crippen LogP contribution in [0.4, 0.5) is 5.69 Å². The summed E-state index contributed by atoms with van der Waals surface area (Å²) < 4.78 is 0. The summed E-state index contributed by atoms with van der Waals surface area (Å²) in [5.74, 6) is -0.101. The van der Waals surface area contributed by atoms with Crippen molar-refractivity contribution < 1.29 is 10.0 Å². The molecule has 0 saturated carbocycles. The summed E-state index contributed by atoms with van der Waals surface area (Å²) in [6, 6.07) is 7.48. The molecule has 1 aromatic rings. The Morgan fingerprint density at radius 3 is 2.56 bits per heavy atom. The predicted octanol–water partition coefficient (Wildman–Crippen LogP) is 2.86. The van der Waals surface area contributed by atoms with Gasteiger partial charge in [0.25, 0.3) is 0 Å². The maximum Gasteiger partial charge on any atom is 0.188 e. The Labute approximate surface area is 105 Å². The van der Waals surface area contributed by atoms with Gasteiger partial charge in [-0.15, -0.1) is 0 Å². The highest BCUT2D eigenvalue weighted by Crippen LogP contribution is 2.31. The summed E-state index contributed by atoms with van der Waals surface area (Å²) in [7, 11) is 0. The first-order chi connectivity index (χ1) is 8.77. The Balaban J connectivity index is 2.13. The molecule has 3 heteroatoms. The minimum atomic E-state index is -0.101. The van der Waals surface area contributed by atoms with Crippen LogP contribution in [0.25, 0.3) is 6.08 Å². The van der Waals surface area contributed by atoms with Crippen molar-refractivity contribution in [1.82, 2.24) is 0 Å². The summed E-state index contributed by atoms with van der Waals surface area (Å²) in [6.45, 7) is 0. The molecule has 0 amide bonds. The van der Waals surface area contributed by atoms with E-state index in [2.05, 4.69) is 0 Å². The second-order valence-electron chi connectivity index (χ2n) is 4.09. The molecule has 1 heterocycles. The smallest absolute Gasteiger partial charge is 0.188 e. The molecular formula is C15H11NO2. The minimum Gasteiger partial charge on any atom is -0.289 e. The van der Waals surface area contributed by atoms with Gasteiger partial charge in [-0.2, -0.15) is 0 Å². The molecular weight excluding hydrogens is 226 g/mol. The number of carbonyl (C=O) groups excluding carboxylic acids is 1. The Kier molecular flexibility index (Phi) is 2.46. The number of anilines is 1. The van der Waals surface area contributed by atoms with Gasteiger partial charge in [-0.05, 0) is 24.3 Å². The van der Waals surface area contributed by atoms with Crippen molar-refractivity contribution in [2.24, 2.45) is 0 Å². The number of rotatable bonds is 0. The zero-order chi connectivity index (χ0) is 12.5. The number of carbonyl (C=O) groups is 1. The highest BCUT2D eigenvalue weighted by molar-refractivity contribution is 6.09. The Morgan fingerprint density at radius 2 is 1.72 bits per heavy atom. The van der Waals surface area contributed by atoms with Gasteiger partial charge in [0, 0.05) is 11.1 Å². The predicted molar refractivity (Wildman–Crippen MR) is 70.1 cm³/mol. The van der Waals surface area contributed by atoms with Crippen LogP contribution < -0.4 is 5.06 Å².